The Kier molecular flexibility index (Phi) is 6.80. The Balaban J connectivity index is 1.14. The SMILES string of the molecule is O=C(Cc1ccc(-c2ccc3ncc(N4CCN(c5ccncc5)CC4)nc3c2)cc1)C1CCCCC1. The number of Topliss-reactive ketones (excluding diaryl/α,β-unsaturated/α-hetero) is 1. The van der Waals surface area contributed by atoms with E-state index < -0.39 is 0 Å². The number of carbonyl (C=O) groups is 1. The third-order valence-corrected chi connectivity index (χ3v) is 7.89. The molecule has 2 aromatic heterocycles. The minimum Gasteiger partial charge on any atom is -0.368 e. The number of anilines is 2. The molecule has 37 heavy (non-hydrogen) atoms. The van der Waals surface area contributed by atoms with Gasteiger partial charge in [0.25, 0.3) is 0 Å². The van der Waals surface area contributed by atoms with Crippen LogP contribution in [0.1, 0.15) is 37.7 Å². The van der Waals surface area contributed by atoms with Gasteiger partial charge in [-0.15, -0.1) is 0 Å². The number of hydrogen-bond acceptors (Lipinski definition) is 6. The smallest absolute Gasteiger partial charge is 0.147 e. The second-order valence-electron chi connectivity index (χ2n) is 10.3. The van der Waals surface area contributed by atoms with Gasteiger partial charge in [-0.05, 0) is 53.8 Å². The molecular formula is C31H33N5O. The van der Waals surface area contributed by atoms with Crippen LogP contribution in [0.2, 0.25) is 0 Å². The first-order valence-electron chi connectivity index (χ1n) is 13.5. The van der Waals surface area contributed by atoms with E-state index in [1.807, 2.05) is 24.7 Å². The lowest BCUT2D eigenvalue weighted by atomic mass is 9.84. The van der Waals surface area contributed by atoms with Crippen LogP contribution in [-0.2, 0) is 11.2 Å². The molecule has 1 saturated carbocycles. The lowest BCUT2D eigenvalue weighted by Crippen LogP contribution is -2.46. The molecule has 2 aromatic carbocycles. The van der Waals surface area contributed by atoms with Crippen molar-refractivity contribution < 1.29 is 4.79 Å². The first-order valence-corrected chi connectivity index (χ1v) is 13.5. The molecule has 0 N–H and O–H groups in total. The number of benzene rings is 2. The van der Waals surface area contributed by atoms with E-state index in [4.69, 9.17) is 9.97 Å². The number of pyridine rings is 1. The highest BCUT2D eigenvalue weighted by atomic mass is 16.1. The largest absolute Gasteiger partial charge is 0.368 e. The zero-order valence-corrected chi connectivity index (χ0v) is 21.2. The van der Waals surface area contributed by atoms with E-state index in [-0.39, 0.29) is 5.92 Å². The summed E-state index contributed by atoms with van der Waals surface area (Å²) in [6.07, 6.45) is 11.9. The summed E-state index contributed by atoms with van der Waals surface area (Å²) in [7, 11) is 0. The summed E-state index contributed by atoms with van der Waals surface area (Å²) < 4.78 is 0. The first kappa shape index (κ1) is 23.6. The van der Waals surface area contributed by atoms with Gasteiger partial charge in [-0.25, -0.2) is 4.98 Å². The number of nitrogens with zero attached hydrogens (tertiary/aromatic N) is 5. The van der Waals surface area contributed by atoms with Gasteiger partial charge in [-0.3, -0.25) is 14.8 Å². The van der Waals surface area contributed by atoms with E-state index in [1.165, 1.54) is 24.9 Å². The van der Waals surface area contributed by atoms with Crippen LogP contribution in [0.25, 0.3) is 22.2 Å². The van der Waals surface area contributed by atoms with Crippen LogP contribution in [0.15, 0.2) is 73.2 Å². The highest BCUT2D eigenvalue weighted by Gasteiger charge is 2.21. The third-order valence-electron chi connectivity index (χ3n) is 7.89. The van der Waals surface area contributed by atoms with Crippen molar-refractivity contribution in [3.05, 3.63) is 78.8 Å². The molecular weight excluding hydrogens is 458 g/mol. The van der Waals surface area contributed by atoms with Gasteiger partial charge in [0.15, 0.2) is 0 Å². The van der Waals surface area contributed by atoms with Gasteiger partial charge in [-0.2, -0.15) is 0 Å². The Morgan fingerprint density at radius 1 is 0.784 bits per heavy atom. The first-order chi connectivity index (χ1) is 18.2. The Labute approximate surface area is 218 Å². The van der Waals surface area contributed by atoms with Gasteiger partial charge in [0.1, 0.15) is 11.6 Å². The quantitative estimate of drug-likeness (QED) is 0.344. The predicted octanol–water partition coefficient (Wildman–Crippen LogP) is 5.71. The summed E-state index contributed by atoms with van der Waals surface area (Å²) in [5, 5.41) is 0. The number of aromatic nitrogens is 3. The van der Waals surface area contributed by atoms with Crippen molar-refractivity contribution in [3.63, 3.8) is 0 Å². The van der Waals surface area contributed by atoms with E-state index in [9.17, 15) is 4.79 Å². The molecule has 3 heterocycles. The molecule has 1 aliphatic carbocycles. The number of hydrogen-bond donors (Lipinski definition) is 0. The molecule has 6 rings (SSSR count). The van der Waals surface area contributed by atoms with Crippen molar-refractivity contribution in [2.45, 2.75) is 38.5 Å². The molecule has 0 bridgehead atoms. The van der Waals surface area contributed by atoms with E-state index in [2.05, 4.69) is 63.3 Å². The van der Waals surface area contributed by atoms with E-state index in [0.717, 1.165) is 72.6 Å². The van der Waals surface area contributed by atoms with Crippen molar-refractivity contribution in [2.75, 3.05) is 36.0 Å². The molecule has 0 atom stereocenters. The fourth-order valence-corrected chi connectivity index (χ4v) is 5.67. The maximum atomic E-state index is 12.7. The molecule has 0 spiro atoms. The predicted molar refractivity (Wildman–Crippen MR) is 149 cm³/mol. The van der Waals surface area contributed by atoms with E-state index in [1.54, 1.807) is 0 Å². The molecule has 1 saturated heterocycles. The van der Waals surface area contributed by atoms with E-state index in [0.29, 0.717) is 12.2 Å². The van der Waals surface area contributed by atoms with Crippen molar-refractivity contribution in [3.8, 4) is 11.1 Å². The Hall–Kier alpha value is -3.80. The molecule has 1 aliphatic heterocycles. The van der Waals surface area contributed by atoms with Crippen LogP contribution < -0.4 is 9.80 Å². The van der Waals surface area contributed by atoms with Gasteiger partial charge >= 0.3 is 0 Å². The molecule has 4 aromatic rings. The number of fused-ring (bicyclic) bond motifs is 1. The summed E-state index contributed by atoms with van der Waals surface area (Å²) in [4.78, 5) is 31.2. The molecule has 0 radical (unpaired) electrons. The Morgan fingerprint density at radius 3 is 2.24 bits per heavy atom. The fourth-order valence-electron chi connectivity index (χ4n) is 5.67. The normalized spacial score (nSPS) is 16.8. The van der Waals surface area contributed by atoms with Crippen LogP contribution in [0.4, 0.5) is 11.5 Å². The minimum atomic E-state index is 0.264. The summed E-state index contributed by atoms with van der Waals surface area (Å²) in [5.74, 6) is 1.60. The molecule has 2 aliphatic rings. The second-order valence-corrected chi connectivity index (χ2v) is 10.3. The average molecular weight is 492 g/mol. The summed E-state index contributed by atoms with van der Waals surface area (Å²) in [6, 6.07) is 18.9. The molecule has 188 valence electrons. The van der Waals surface area contributed by atoms with Gasteiger partial charge in [0.2, 0.25) is 0 Å². The lowest BCUT2D eigenvalue weighted by Gasteiger charge is -2.36. The highest BCUT2D eigenvalue weighted by Crippen LogP contribution is 2.28. The van der Waals surface area contributed by atoms with Gasteiger partial charge in [0, 0.05) is 56.6 Å². The summed E-state index contributed by atoms with van der Waals surface area (Å²) >= 11 is 0. The Morgan fingerprint density at radius 2 is 1.49 bits per heavy atom. The maximum absolute atomic E-state index is 12.7. The number of carbonyl (C=O) groups excluding carboxylic acids is 1. The van der Waals surface area contributed by atoms with Crippen LogP contribution >= 0.6 is 0 Å². The van der Waals surface area contributed by atoms with Gasteiger partial charge in [0.05, 0.1) is 17.2 Å². The number of ketones is 1. The third kappa shape index (κ3) is 5.33. The number of rotatable bonds is 6. The minimum absolute atomic E-state index is 0.264. The van der Waals surface area contributed by atoms with Crippen LogP contribution in [0, 0.1) is 5.92 Å². The topological polar surface area (TPSA) is 62.2 Å². The van der Waals surface area contributed by atoms with Crippen molar-refractivity contribution in [1.82, 2.24) is 15.0 Å². The molecule has 0 unspecified atom stereocenters. The fraction of sp³-hybridized carbons (Fsp3) is 0.355. The maximum Gasteiger partial charge on any atom is 0.147 e. The van der Waals surface area contributed by atoms with Crippen molar-refractivity contribution in [1.29, 1.82) is 0 Å². The second kappa shape index (κ2) is 10.7. The zero-order chi connectivity index (χ0) is 25.0. The Bertz CT molecular complexity index is 1360. The van der Waals surface area contributed by atoms with Gasteiger partial charge < -0.3 is 9.80 Å². The summed E-state index contributed by atoms with van der Waals surface area (Å²) in [6.45, 7) is 3.70. The van der Waals surface area contributed by atoms with Crippen molar-refractivity contribution in [2.24, 2.45) is 5.92 Å². The molecule has 0 amide bonds. The monoisotopic (exact) mass is 491 g/mol. The molecule has 2 fully saturated rings. The number of piperazine rings is 1. The summed E-state index contributed by atoms with van der Waals surface area (Å²) in [5.41, 5.74) is 6.38. The highest BCUT2D eigenvalue weighted by molar-refractivity contribution is 5.84. The van der Waals surface area contributed by atoms with Crippen LogP contribution in [-0.4, -0.2) is 46.9 Å². The molecule has 6 nitrogen and oxygen atoms in total. The van der Waals surface area contributed by atoms with Crippen LogP contribution in [0.3, 0.4) is 0 Å². The van der Waals surface area contributed by atoms with Crippen LogP contribution in [0.5, 0.6) is 0 Å². The standard InChI is InChI=1S/C31H33N5O/c37-30(25-4-2-1-3-5-25)20-23-6-8-24(9-7-23)26-10-11-28-29(21-26)34-31(22-33-28)36-18-16-35(17-19-36)27-12-14-32-15-13-27/h6-15,21-22,25H,1-5,16-20H2. The molecule has 6 heteroatoms. The lowest BCUT2D eigenvalue weighted by molar-refractivity contribution is -0.123. The van der Waals surface area contributed by atoms with Crippen molar-refractivity contribution >= 4 is 28.3 Å². The average Bonchev–Trinajstić information content (AvgIpc) is 2.98. The van der Waals surface area contributed by atoms with Gasteiger partial charge in [-0.1, -0.05) is 49.6 Å². The van der Waals surface area contributed by atoms with E-state index >= 15 is 0 Å². The zero-order valence-electron chi connectivity index (χ0n) is 21.2.